The minimum absolute atomic E-state index is 0.00963. The predicted molar refractivity (Wildman–Crippen MR) is 90.6 cm³/mol. The molecule has 2 heterocycles. The summed E-state index contributed by atoms with van der Waals surface area (Å²) in [4.78, 5) is 12.8. The largest absolute Gasteiger partial charge is 0.508 e. The molecule has 0 fully saturated rings. The van der Waals surface area contributed by atoms with Crippen molar-refractivity contribution in [2.24, 2.45) is 0 Å². The van der Waals surface area contributed by atoms with Gasteiger partial charge in [0.05, 0.1) is 0 Å². The molecule has 0 atom stereocenters. The van der Waals surface area contributed by atoms with Crippen molar-refractivity contribution >= 4 is 5.91 Å². The van der Waals surface area contributed by atoms with Crippen LogP contribution in [0.2, 0.25) is 0 Å². The highest BCUT2D eigenvalue weighted by molar-refractivity contribution is 6.01. The maximum absolute atomic E-state index is 12.8. The van der Waals surface area contributed by atoms with Gasteiger partial charge in [-0.3, -0.25) is 10.0 Å². The van der Waals surface area contributed by atoms with Crippen LogP contribution in [0.3, 0.4) is 0 Å². The van der Waals surface area contributed by atoms with Crippen molar-refractivity contribution in [2.45, 2.75) is 5.54 Å². The fraction of sp³-hybridized carbons (Fsp3) is 0.0500. The number of nitrogens with zero attached hydrogens (tertiary/aromatic N) is 1. The van der Waals surface area contributed by atoms with E-state index in [4.69, 9.17) is 4.74 Å². The van der Waals surface area contributed by atoms with E-state index >= 15 is 0 Å². The van der Waals surface area contributed by atoms with Crippen LogP contribution in [0.5, 0.6) is 23.0 Å². The average Bonchev–Trinajstić information content (AvgIpc) is 2.85. The van der Waals surface area contributed by atoms with Gasteiger partial charge in [-0.05, 0) is 30.3 Å². The smallest absolute Gasteiger partial charge is 0.279 e. The summed E-state index contributed by atoms with van der Waals surface area (Å²) in [6.45, 7) is 0. The van der Waals surface area contributed by atoms with Crippen LogP contribution in [-0.4, -0.2) is 26.4 Å². The number of ether oxygens (including phenoxy) is 1. The Balaban J connectivity index is 1.95. The molecule has 0 aliphatic carbocycles. The van der Waals surface area contributed by atoms with Crippen LogP contribution in [-0.2, 0) is 5.54 Å². The molecule has 0 saturated carbocycles. The number of hydrogen-bond acceptors (Lipinski definition) is 5. The summed E-state index contributed by atoms with van der Waals surface area (Å²) in [6, 6.07) is 16.0. The lowest BCUT2D eigenvalue weighted by molar-refractivity contribution is -0.102. The number of rotatable bonds is 0. The van der Waals surface area contributed by atoms with Crippen molar-refractivity contribution in [3.63, 3.8) is 0 Å². The van der Waals surface area contributed by atoms with Gasteiger partial charge in [0.2, 0.25) is 0 Å². The van der Waals surface area contributed by atoms with Crippen molar-refractivity contribution in [1.82, 2.24) is 5.06 Å². The molecule has 3 aromatic rings. The van der Waals surface area contributed by atoms with Crippen molar-refractivity contribution in [3.05, 3.63) is 82.9 Å². The molecule has 128 valence electrons. The summed E-state index contributed by atoms with van der Waals surface area (Å²) in [5, 5.41) is 31.4. The molecular formula is C20H13NO5. The van der Waals surface area contributed by atoms with Gasteiger partial charge >= 0.3 is 0 Å². The van der Waals surface area contributed by atoms with E-state index in [2.05, 4.69) is 0 Å². The normalized spacial score (nSPS) is 16.0. The standard InChI is InChI=1S/C20H13NO5/c22-11-5-7-15-17(9-11)26-18-10-12(23)6-8-16(18)20(15)14-4-2-1-3-13(14)19(24)21(20)25/h1-10,22-23,25H. The number of fused-ring (bicyclic) bond motifs is 6. The topological polar surface area (TPSA) is 90.2 Å². The second-order valence-electron chi connectivity index (χ2n) is 6.34. The van der Waals surface area contributed by atoms with Crippen molar-refractivity contribution in [3.8, 4) is 23.0 Å². The van der Waals surface area contributed by atoms with Gasteiger partial charge < -0.3 is 14.9 Å². The molecule has 5 rings (SSSR count). The molecule has 1 amide bonds. The number of carbonyl (C=O) groups excluding carboxylic acids is 1. The Kier molecular flexibility index (Phi) is 2.72. The van der Waals surface area contributed by atoms with Gasteiger partial charge in [-0.15, -0.1) is 0 Å². The third-order valence-electron chi connectivity index (χ3n) is 4.99. The van der Waals surface area contributed by atoms with Gasteiger partial charge in [-0.25, -0.2) is 5.06 Å². The lowest BCUT2D eigenvalue weighted by Crippen LogP contribution is -2.45. The number of benzene rings is 3. The van der Waals surface area contributed by atoms with Crippen LogP contribution in [0.1, 0.15) is 27.0 Å². The molecule has 6 heteroatoms. The Morgan fingerprint density at radius 2 is 1.38 bits per heavy atom. The zero-order valence-corrected chi connectivity index (χ0v) is 13.4. The number of carbonyl (C=O) groups is 1. The van der Waals surface area contributed by atoms with Gasteiger partial charge in [-0.1, -0.05) is 18.2 Å². The number of hydrogen-bond donors (Lipinski definition) is 3. The summed E-state index contributed by atoms with van der Waals surface area (Å²) >= 11 is 0. The van der Waals surface area contributed by atoms with Crippen LogP contribution in [0.4, 0.5) is 0 Å². The lowest BCUT2D eigenvalue weighted by atomic mass is 9.75. The van der Waals surface area contributed by atoms with Gasteiger partial charge in [0.1, 0.15) is 23.0 Å². The SMILES string of the molecule is O=C1c2ccccc2C2(c3ccc(O)cc3Oc3cc(O)ccc32)N1O. The number of amides is 1. The van der Waals surface area contributed by atoms with Crippen LogP contribution in [0.25, 0.3) is 0 Å². The van der Waals surface area contributed by atoms with Gasteiger partial charge in [0.25, 0.3) is 5.91 Å². The van der Waals surface area contributed by atoms with E-state index in [-0.39, 0.29) is 11.5 Å². The summed E-state index contributed by atoms with van der Waals surface area (Å²) in [7, 11) is 0. The third kappa shape index (κ3) is 1.61. The van der Waals surface area contributed by atoms with E-state index in [1.165, 1.54) is 24.3 Å². The Hall–Kier alpha value is -3.51. The summed E-state index contributed by atoms with van der Waals surface area (Å²) in [6.07, 6.45) is 0. The van der Waals surface area contributed by atoms with E-state index in [9.17, 15) is 20.2 Å². The first-order valence-electron chi connectivity index (χ1n) is 8.01. The van der Waals surface area contributed by atoms with Crippen LogP contribution in [0, 0.1) is 0 Å². The average molecular weight is 347 g/mol. The lowest BCUT2D eigenvalue weighted by Gasteiger charge is -2.40. The molecule has 3 N–H and O–H groups in total. The second kappa shape index (κ2) is 4.77. The Morgan fingerprint density at radius 1 is 0.808 bits per heavy atom. The highest BCUT2D eigenvalue weighted by Crippen LogP contribution is 2.57. The zero-order chi connectivity index (χ0) is 18.1. The molecular weight excluding hydrogens is 334 g/mol. The van der Waals surface area contributed by atoms with E-state index < -0.39 is 11.4 Å². The number of phenolic OH excluding ortho intramolecular Hbond substituents is 2. The first-order valence-corrected chi connectivity index (χ1v) is 8.01. The van der Waals surface area contributed by atoms with Gasteiger partial charge in [-0.2, -0.15) is 0 Å². The first-order chi connectivity index (χ1) is 12.5. The minimum atomic E-state index is -1.32. The first kappa shape index (κ1) is 14.8. The van der Waals surface area contributed by atoms with E-state index in [0.717, 1.165) is 0 Å². The molecule has 6 nitrogen and oxygen atoms in total. The Morgan fingerprint density at radius 3 is 2.00 bits per heavy atom. The number of aromatic hydroxyl groups is 2. The Labute approximate surface area is 148 Å². The highest BCUT2D eigenvalue weighted by atomic mass is 16.5. The molecule has 2 aliphatic rings. The second-order valence-corrected chi connectivity index (χ2v) is 6.34. The van der Waals surface area contributed by atoms with Crippen molar-refractivity contribution in [1.29, 1.82) is 0 Å². The highest BCUT2D eigenvalue weighted by Gasteiger charge is 2.56. The fourth-order valence-corrected chi connectivity index (χ4v) is 3.94. The summed E-state index contributed by atoms with van der Waals surface area (Å²) < 4.78 is 5.86. The molecule has 0 unspecified atom stereocenters. The molecule has 0 aromatic heterocycles. The Bertz CT molecular complexity index is 1040. The molecule has 0 saturated heterocycles. The number of phenols is 2. The maximum atomic E-state index is 12.8. The molecule has 0 bridgehead atoms. The van der Waals surface area contributed by atoms with Crippen LogP contribution < -0.4 is 4.74 Å². The number of hydroxylamine groups is 2. The monoisotopic (exact) mass is 347 g/mol. The molecule has 3 aromatic carbocycles. The van der Waals surface area contributed by atoms with Crippen molar-refractivity contribution < 1.29 is 25.0 Å². The van der Waals surface area contributed by atoms with E-state index in [1.54, 1.807) is 36.4 Å². The molecule has 26 heavy (non-hydrogen) atoms. The van der Waals surface area contributed by atoms with Gasteiger partial charge in [0, 0.05) is 34.4 Å². The fourth-order valence-electron chi connectivity index (χ4n) is 3.94. The summed E-state index contributed by atoms with van der Waals surface area (Å²) in [5.74, 6) is 0.0491. The molecule has 1 spiro atoms. The molecule has 2 aliphatic heterocycles. The van der Waals surface area contributed by atoms with Crippen LogP contribution in [0.15, 0.2) is 60.7 Å². The maximum Gasteiger partial charge on any atom is 0.279 e. The van der Waals surface area contributed by atoms with E-state index in [0.29, 0.717) is 38.8 Å². The predicted octanol–water partition coefficient (Wildman–Crippen LogP) is 3.34. The zero-order valence-electron chi connectivity index (χ0n) is 13.4. The van der Waals surface area contributed by atoms with Gasteiger partial charge in [0.15, 0.2) is 5.54 Å². The molecule has 0 radical (unpaired) electrons. The van der Waals surface area contributed by atoms with Crippen molar-refractivity contribution in [2.75, 3.05) is 0 Å². The third-order valence-corrected chi connectivity index (χ3v) is 4.99. The van der Waals surface area contributed by atoms with E-state index in [1.807, 2.05) is 0 Å². The van der Waals surface area contributed by atoms with Crippen LogP contribution >= 0.6 is 0 Å². The quantitative estimate of drug-likeness (QED) is 0.543. The summed E-state index contributed by atoms with van der Waals surface area (Å²) in [5.41, 5.74) is 0.714. The minimum Gasteiger partial charge on any atom is -0.508 e.